The number of halogens is 1. The number of carbonyl (C=O) groups is 1. The van der Waals surface area contributed by atoms with Crippen LogP contribution in [0.4, 0.5) is 11.4 Å². The quantitative estimate of drug-likeness (QED) is 0.576. The maximum absolute atomic E-state index is 12.1. The smallest absolute Gasteiger partial charge is 0.408 e. The number of anilines is 1. The van der Waals surface area contributed by atoms with Crippen LogP contribution in [0.5, 0.6) is 0 Å². The number of rotatable bonds is 4. The van der Waals surface area contributed by atoms with Crippen LogP contribution in [-0.4, -0.2) is 15.4 Å². The maximum atomic E-state index is 12.1. The molecule has 3 aromatic rings. The van der Waals surface area contributed by atoms with Gasteiger partial charge in [0, 0.05) is 28.9 Å². The standard InChI is InChI=1S/C15H10ClN3O5/c16-9-1-6-12-13(7-9)24-15(21)18(12)8-14(20)17-10-2-4-11(5-3-10)19(22)23/h1-7H,8H2,(H,17,20). The summed E-state index contributed by atoms with van der Waals surface area (Å²) >= 11 is 5.83. The molecule has 2 aromatic carbocycles. The van der Waals surface area contributed by atoms with E-state index in [4.69, 9.17) is 16.0 Å². The van der Waals surface area contributed by atoms with Crippen molar-refractivity contribution in [3.05, 3.63) is 68.2 Å². The predicted molar refractivity (Wildman–Crippen MR) is 87.2 cm³/mol. The lowest BCUT2D eigenvalue weighted by atomic mass is 10.3. The number of hydrogen-bond donors (Lipinski definition) is 1. The fourth-order valence-corrected chi connectivity index (χ4v) is 2.36. The number of benzene rings is 2. The van der Waals surface area contributed by atoms with Gasteiger partial charge in [-0.05, 0) is 24.3 Å². The number of hydrogen-bond acceptors (Lipinski definition) is 5. The molecule has 8 nitrogen and oxygen atoms in total. The van der Waals surface area contributed by atoms with Gasteiger partial charge in [-0.2, -0.15) is 0 Å². The number of amides is 1. The lowest BCUT2D eigenvalue weighted by Crippen LogP contribution is -2.24. The third-order valence-corrected chi connectivity index (χ3v) is 3.53. The summed E-state index contributed by atoms with van der Waals surface area (Å²) in [5.41, 5.74) is 1.04. The summed E-state index contributed by atoms with van der Waals surface area (Å²) in [5.74, 6) is -1.14. The molecule has 1 N–H and O–H groups in total. The van der Waals surface area contributed by atoms with Gasteiger partial charge in [0.2, 0.25) is 5.91 Å². The van der Waals surface area contributed by atoms with Crippen LogP contribution < -0.4 is 11.1 Å². The monoisotopic (exact) mass is 347 g/mol. The number of carbonyl (C=O) groups excluding carboxylic acids is 1. The van der Waals surface area contributed by atoms with Crippen LogP contribution in [0.3, 0.4) is 0 Å². The van der Waals surface area contributed by atoms with Crippen molar-refractivity contribution in [3.8, 4) is 0 Å². The molecular formula is C15H10ClN3O5. The first-order valence-corrected chi connectivity index (χ1v) is 7.15. The second kappa shape index (κ2) is 6.17. The maximum Gasteiger partial charge on any atom is 0.420 e. The predicted octanol–water partition coefficient (Wildman–Crippen LogP) is 2.79. The summed E-state index contributed by atoms with van der Waals surface area (Å²) in [6.45, 7) is -0.259. The van der Waals surface area contributed by atoms with Crippen LogP contribution in [0.1, 0.15) is 0 Å². The number of nitrogens with zero attached hydrogens (tertiary/aromatic N) is 2. The summed E-state index contributed by atoms with van der Waals surface area (Å²) in [6.07, 6.45) is 0. The van der Waals surface area contributed by atoms with Gasteiger partial charge in [-0.3, -0.25) is 19.5 Å². The van der Waals surface area contributed by atoms with Crippen LogP contribution >= 0.6 is 11.6 Å². The van der Waals surface area contributed by atoms with E-state index in [1.807, 2.05) is 0 Å². The van der Waals surface area contributed by atoms with Gasteiger partial charge in [-0.25, -0.2) is 4.79 Å². The Bertz CT molecular complexity index is 991. The van der Waals surface area contributed by atoms with E-state index in [2.05, 4.69) is 5.32 Å². The molecule has 0 bridgehead atoms. The van der Waals surface area contributed by atoms with E-state index in [-0.39, 0.29) is 17.8 Å². The molecule has 0 aliphatic heterocycles. The molecule has 0 atom stereocenters. The molecule has 1 heterocycles. The first-order chi connectivity index (χ1) is 11.4. The number of aromatic nitrogens is 1. The zero-order valence-corrected chi connectivity index (χ0v) is 12.8. The highest BCUT2D eigenvalue weighted by Gasteiger charge is 2.13. The minimum atomic E-state index is -0.675. The molecule has 0 aliphatic rings. The summed E-state index contributed by atoms with van der Waals surface area (Å²) in [5, 5.41) is 13.6. The van der Waals surface area contributed by atoms with Crippen LogP contribution in [0.15, 0.2) is 51.7 Å². The van der Waals surface area contributed by atoms with Crippen molar-refractivity contribution >= 4 is 40.0 Å². The summed E-state index contributed by atoms with van der Waals surface area (Å²) < 4.78 is 6.21. The summed E-state index contributed by atoms with van der Waals surface area (Å²) in [6, 6.07) is 10.0. The van der Waals surface area contributed by atoms with Gasteiger partial charge in [0.25, 0.3) is 5.69 Å². The van der Waals surface area contributed by atoms with Crippen molar-refractivity contribution in [3.63, 3.8) is 0 Å². The number of nitrogens with one attached hydrogen (secondary N) is 1. The molecule has 122 valence electrons. The Morgan fingerprint density at radius 2 is 1.96 bits per heavy atom. The van der Waals surface area contributed by atoms with E-state index in [9.17, 15) is 19.7 Å². The van der Waals surface area contributed by atoms with Gasteiger partial charge in [-0.1, -0.05) is 11.6 Å². The molecule has 0 aliphatic carbocycles. The van der Waals surface area contributed by atoms with Crippen molar-refractivity contribution in [2.75, 3.05) is 5.32 Å². The zero-order valence-electron chi connectivity index (χ0n) is 12.1. The molecule has 9 heteroatoms. The Kier molecular flexibility index (Phi) is 4.05. The second-order valence-corrected chi connectivity index (χ2v) is 5.35. The Labute approximate surface area is 139 Å². The van der Waals surface area contributed by atoms with Crippen LogP contribution in [0.2, 0.25) is 5.02 Å². The Balaban J connectivity index is 1.79. The number of nitro groups is 1. The molecule has 1 amide bonds. The van der Waals surface area contributed by atoms with Crippen molar-refractivity contribution in [1.82, 2.24) is 4.57 Å². The first kappa shape index (κ1) is 15.8. The Morgan fingerprint density at radius 3 is 2.62 bits per heavy atom. The third kappa shape index (κ3) is 3.13. The van der Waals surface area contributed by atoms with Crippen LogP contribution in [-0.2, 0) is 11.3 Å². The molecule has 0 saturated carbocycles. The van der Waals surface area contributed by atoms with E-state index < -0.39 is 16.6 Å². The number of oxazole rings is 1. The SMILES string of the molecule is O=C(Cn1c(=O)oc2cc(Cl)ccc21)Nc1ccc([N+](=O)[O-])cc1. The van der Waals surface area contributed by atoms with E-state index in [1.54, 1.807) is 12.1 Å². The average Bonchev–Trinajstić information content (AvgIpc) is 2.82. The fraction of sp³-hybridized carbons (Fsp3) is 0.0667. The molecule has 0 unspecified atom stereocenters. The van der Waals surface area contributed by atoms with E-state index in [1.165, 1.54) is 34.9 Å². The van der Waals surface area contributed by atoms with Gasteiger partial charge in [-0.15, -0.1) is 0 Å². The van der Waals surface area contributed by atoms with Gasteiger partial charge >= 0.3 is 5.76 Å². The Morgan fingerprint density at radius 1 is 1.25 bits per heavy atom. The highest BCUT2D eigenvalue weighted by atomic mass is 35.5. The van der Waals surface area contributed by atoms with Gasteiger partial charge in [0.05, 0.1) is 10.4 Å². The Hall–Kier alpha value is -3.13. The average molecular weight is 348 g/mol. The minimum Gasteiger partial charge on any atom is -0.408 e. The molecule has 24 heavy (non-hydrogen) atoms. The summed E-state index contributed by atoms with van der Waals surface area (Å²) in [4.78, 5) is 34.0. The second-order valence-electron chi connectivity index (χ2n) is 4.92. The highest BCUT2D eigenvalue weighted by Crippen LogP contribution is 2.19. The summed E-state index contributed by atoms with van der Waals surface area (Å²) in [7, 11) is 0. The van der Waals surface area contributed by atoms with Gasteiger partial charge in [0.15, 0.2) is 5.58 Å². The normalized spacial score (nSPS) is 10.7. The largest absolute Gasteiger partial charge is 0.420 e. The van der Waals surface area contributed by atoms with Crippen LogP contribution in [0.25, 0.3) is 11.1 Å². The van der Waals surface area contributed by atoms with Crippen LogP contribution in [0, 0.1) is 10.1 Å². The number of fused-ring (bicyclic) bond motifs is 1. The van der Waals surface area contributed by atoms with E-state index >= 15 is 0 Å². The molecule has 0 spiro atoms. The minimum absolute atomic E-state index is 0.0816. The van der Waals surface area contributed by atoms with Gasteiger partial charge in [0.1, 0.15) is 6.54 Å². The van der Waals surface area contributed by atoms with Crippen molar-refractivity contribution < 1.29 is 14.1 Å². The lowest BCUT2D eigenvalue weighted by Gasteiger charge is -2.05. The van der Waals surface area contributed by atoms with Gasteiger partial charge < -0.3 is 9.73 Å². The molecule has 3 rings (SSSR count). The van der Waals surface area contributed by atoms with Crippen molar-refractivity contribution in [1.29, 1.82) is 0 Å². The lowest BCUT2D eigenvalue weighted by molar-refractivity contribution is -0.384. The number of non-ortho nitro benzene ring substituents is 1. The molecule has 0 fully saturated rings. The van der Waals surface area contributed by atoms with E-state index in [0.29, 0.717) is 16.2 Å². The molecule has 0 radical (unpaired) electrons. The zero-order chi connectivity index (χ0) is 17.3. The first-order valence-electron chi connectivity index (χ1n) is 6.77. The molecular weight excluding hydrogens is 338 g/mol. The van der Waals surface area contributed by atoms with Crippen molar-refractivity contribution in [2.45, 2.75) is 6.54 Å². The number of nitro benzene ring substituents is 1. The third-order valence-electron chi connectivity index (χ3n) is 3.29. The fourth-order valence-electron chi connectivity index (χ4n) is 2.20. The van der Waals surface area contributed by atoms with Crippen molar-refractivity contribution in [2.24, 2.45) is 0 Å². The molecule has 1 aromatic heterocycles. The topological polar surface area (TPSA) is 107 Å². The van der Waals surface area contributed by atoms with E-state index in [0.717, 1.165) is 0 Å². The highest BCUT2D eigenvalue weighted by molar-refractivity contribution is 6.31. The molecule has 0 saturated heterocycles.